The van der Waals surface area contributed by atoms with E-state index in [0.29, 0.717) is 10.8 Å². The van der Waals surface area contributed by atoms with Gasteiger partial charge in [-0.1, -0.05) is 11.6 Å². The first-order chi connectivity index (χ1) is 7.63. The Morgan fingerprint density at radius 2 is 2.38 bits per heavy atom. The number of carbonyl (C=O) groups excluding carboxylic acids is 1. The highest BCUT2D eigenvalue weighted by Gasteiger charge is 2.04. The van der Waals surface area contributed by atoms with Crippen LogP contribution in [0.25, 0.3) is 0 Å². The molecule has 1 aromatic carbocycles. The molecule has 0 atom stereocenters. The van der Waals surface area contributed by atoms with E-state index in [1.54, 1.807) is 25.1 Å². The molecule has 0 spiro atoms. The lowest BCUT2D eigenvalue weighted by molar-refractivity contribution is -0.123. The summed E-state index contributed by atoms with van der Waals surface area (Å²) in [7, 11) is 0. The molecule has 0 aliphatic heterocycles. The van der Waals surface area contributed by atoms with Gasteiger partial charge in [0.1, 0.15) is 5.75 Å². The number of hydrazone groups is 1. The van der Waals surface area contributed by atoms with E-state index < -0.39 is 0 Å². The number of nitrogens with zero attached hydrogens (tertiary/aromatic N) is 1. The van der Waals surface area contributed by atoms with E-state index in [1.807, 2.05) is 6.92 Å². The summed E-state index contributed by atoms with van der Waals surface area (Å²) in [4.78, 5) is 11.2. The van der Waals surface area contributed by atoms with Crippen molar-refractivity contribution in [3.8, 4) is 5.75 Å². The second-order valence-electron chi connectivity index (χ2n) is 3.12. The minimum Gasteiger partial charge on any atom is -0.483 e. The maximum Gasteiger partial charge on any atom is 0.277 e. The van der Waals surface area contributed by atoms with Crippen LogP contribution in [0.15, 0.2) is 23.3 Å². The first-order valence-electron chi connectivity index (χ1n) is 4.79. The van der Waals surface area contributed by atoms with Crippen LogP contribution in [-0.4, -0.2) is 18.7 Å². The Bertz CT molecular complexity index is 405. The fraction of sp³-hybridized carbons (Fsp3) is 0.273. The number of rotatable bonds is 4. The fourth-order valence-electron chi connectivity index (χ4n) is 1.09. The predicted molar refractivity (Wildman–Crippen MR) is 64.0 cm³/mol. The van der Waals surface area contributed by atoms with Crippen molar-refractivity contribution in [1.82, 2.24) is 5.43 Å². The topological polar surface area (TPSA) is 50.7 Å². The third-order valence-electron chi connectivity index (χ3n) is 1.81. The molecule has 1 amide bonds. The molecular formula is C11H13ClN2O2. The molecule has 16 heavy (non-hydrogen) atoms. The lowest BCUT2D eigenvalue weighted by Gasteiger charge is -2.07. The van der Waals surface area contributed by atoms with Crippen LogP contribution in [0.5, 0.6) is 5.75 Å². The third kappa shape index (κ3) is 3.90. The maximum absolute atomic E-state index is 11.2. The second kappa shape index (κ2) is 6.12. The van der Waals surface area contributed by atoms with E-state index in [4.69, 9.17) is 16.3 Å². The fourth-order valence-corrected chi connectivity index (χ4v) is 1.31. The number of carbonyl (C=O) groups is 1. The van der Waals surface area contributed by atoms with Crippen molar-refractivity contribution in [3.05, 3.63) is 28.8 Å². The van der Waals surface area contributed by atoms with Gasteiger partial charge in [0, 0.05) is 11.2 Å². The van der Waals surface area contributed by atoms with Crippen LogP contribution in [0.1, 0.15) is 12.5 Å². The first kappa shape index (κ1) is 12.5. The van der Waals surface area contributed by atoms with E-state index in [-0.39, 0.29) is 12.5 Å². The third-order valence-corrected chi connectivity index (χ3v) is 2.05. The van der Waals surface area contributed by atoms with Gasteiger partial charge in [-0.3, -0.25) is 4.79 Å². The zero-order valence-electron chi connectivity index (χ0n) is 9.16. The Labute approximate surface area is 99.2 Å². The van der Waals surface area contributed by atoms with Crippen LogP contribution < -0.4 is 10.2 Å². The van der Waals surface area contributed by atoms with Gasteiger partial charge in [-0.05, 0) is 37.6 Å². The van der Waals surface area contributed by atoms with Crippen LogP contribution in [0, 0.1) is 6.92 Å². The van der Waals surface area contributed by atoms with Gasteiger partial charge in [-0.15, -0.1) is 0 Å². The summed E-state index contributed by atoms with van der Waals surface area (Å²) in [5.41, 5.74) is 3.20. The summed E-state index contributed by atoms with van der Waals surface area (Å²) in [6, 6.07) is 5.22. The first-order valence-corrected chi connectivity index (χ1v) is 5.16. The molecule has 4 nitrogen and oxygen atoms in total. The molecule has 1 aromatic rings. The molecule has 0 aliphatic rings. The number of nitrogens with one attached hydrogen (secondary N) is 1. The minimum absolute atomic E-state index is 0.0696. The molecule has 1 N–H and O–H groups in total. The standard InChI is InChI=1S/C11H13ClN2O2/c1-3-13-14-11(15)7-16-10-5-4-9(12)6-8(10)2/h3-6H,7H2,1-2H3,(H,14,15)/b13-3+. The molecule has 0 bridgehead atoms. The Kier molecular flexibility index (Phi) is 4.79. The van der Waals surface area contributed by atoms with E-state index in [2.05, 4.69) is 10.5 Å². The van der Waals surface area contributed by atoms with Crippen molar-refractivity contribution in [2.24, 2.45) is 5.10 Å². The van der Waals surface area contributed by atoms with Crippen molar-refractivity contribution in [2.75, 3.05) is 6.61 Å². The molecule has 0 aromatic heterocycles. The number of aryl methyl sites for hydroxylation is 1. The Morgan fingerprint density at radius 1 is 1.62 bits per heavy atom. The molecule has 1 rings (SSSR count). The summed E-state index contributed by atoms with van der Waals surface area (Å²) in [6.45, 7) is 3.51. The van der Waals surface area contributed by atoms with E-state index in [9.17, 15) is 4.79 Å². The zero-order chi connectivity index (χ0) is 12.0. The number of benzene rings is 1. The summed E-state index contributed by atoms with van der Waals surface area (Å²) < 4.78 is 5.31. The molecule has 0 heterocycles. The smallest absolute Gasteiger partial charge is 0.277 e. The lowest BCUT2D eigenvalue weighted by atomic mass is 10.2. The van der Waals surface area contributed by atoms with Crippen molar-refractivity contribution < 1.29 is 9.53 Å². The molecule has 86 valence electrons. The quantitative estimate of drug-likeness (QED) is 0.648. The van der Waals surface area contributed by atoms with Crippen molar-refractivity contribution >= 4 is 23.7 Å². The molecule has 0 unspecified atom stereocenters. The molecular weight excluding hydrogens is 228 g/mol. The van der Waals surface area contributed by atoms with Gasteiger partial charge in [0.25, 0.3) is 5.91 Å². The molecule has 0 radical (unpaired) electrons. The van der Waals surface area contributed by atoms with E-state index in [0.717, 1.165) is 5.56 Å². The minimum atomic E-state index is -0.299. The van der Waals surface area contributed by atoms with Crippen molar-refractivity contribution in [3.63, 3.8) is 0 Å². The van der Waals surface area contributed by atoms with Gasteiger partial charge < -0.3 is 4.74 Å². The summed E-state index contributed by atoms with van der Waals surface area (Å²) in [6.07, 6.45) is 1.49. The van der Waals surface area contributed by atoms with Gasteiger partial charge in [-0.25, -0.2) is 5.43 Å². The maximum atomic E-state index is 11.2. The number of hydrogen-bond donors (Lipinski definition) is 1. The Morgan fingerprint density at radius 3 is 3.00 bits per heavy atom. The SMILES string of the molecule is C/C=N/NC(=O)COc1ccc(Cl)cc1C. The zero-order valence-corrected chi connectivity index (χ0v) is 9.91. The predicted octanol–water partition coefficient (Wildman–Crippen LogP) is 2.15. The van der Waals surface area contributed by atoms with Crippen LogP contribution in [-0.2, 0) is 4.79 Å². The number of halogens is 1. The van der Waals surface area contributed by atoms with Crippen LogP contribution in [0.4, 0.5) is 0 Å². The molecule has 0 saturated heterocycles. The molecule has 0 saturated carbocycles. The summed E-state index contributed by atoms with van der Waals surface area (Å²) in [5, 5.41) is 4.24. The van der Waals surface area contributed by atoms with Crippen molar-refractivity contribution in [2.45, 2.75) is 13.8 Å². The largest absolute Gasteiger partial charge is 0.483 e. The average Bonchev–Trinajstić information content (AvgIpc) is 2.25. The van der Waals surface area contributed by atoms with Crippen LogP contribution in [0.3, 0.4) is 0 Å². The van der Waals surface area contributed by atoms with Gasteiger partial charge in [0.2, 0.25) is 0 Å². The summed E-state index contributed by atoms with van der Waals surface area (Å²) in [5.74, 6) is 0.340. The number of amides is 1. The monoisotopic (exact) mass is 240 g/mol. The second-order valence-corrected chi connectivity index (χ2v) is 3.56. The molecule has 0 fully saturated rings. The number of hydrogen-bond acceptors (Lipinski definition) is 3. The number of ether oxygens (including phenoxy) is 1. The van der Waals surface area contributed by atoms with Crippen molar-refractivity contribution in [1.29, 1.82) is 0 Å². The van der Waals surface area contributed by atoms with Gasteiger partial charge in [0.05, 0.1) is 0 Å². The van der Waals surface area contributed by atoms with Gasteiger partial charge in [0.15, 0.2) is 6.61 Å². The van der Waals surface area contributed by atoms with Gasteiger partial charge >= 0.3 is 0 Å². The highest BCUT2D eigenvalue weighted by atomic mass is 35.5. The normalized spacial score (nSPS) is 10.4. The van der Waals surface area contributed by atoms with E-state index >= 15 is 0 Å². The highest BCUT2D eigenvalue weighted by molar-refractivity contribution is 6.30. The van der Waals surface area contributed by atoms with Crippen LogP contribution in [0.2, 0.25) is 5.02 Å². The van der Waals surface area contributed by atoms with Crippen LogP contribution >= 0.6 is 11.6 Å². The molecule has 0 aliphatic carbocycles. The summed E-state index contributed by atoms with van der Waals surface area (Å²) >= 11 is 5.79. The lowest BCUT2D eigenvalue weighted by Crippen LogP contribution is -2.24. The Hall–Kier alpha value is -1.55. The molecule has 5 heteroatoms. The highest BCUT2D eigenvalue weighted by Crippen LogP contribution is 2.21. The van der Waals surface area contributed by atoms with E-state index in [1.165, 1.54) is 6.21 Å². The van der Waals surface area contributed by atoms with Gasteiger partial charge in [-0.2, -0.15) is 5.10 Å². The average molecular weight is 241 g/mol. The Balaban J connectivity index is 2.51.